The SMILES string of the molecule is Cc1ccc2c(c1)OCCN2Cc1cccc(N)c1. The predicted octanol–water partition coefficient (Wildman–Crippen LogP) is 2.98. The Hall–Kier alpha value is -2.16. The maximum Gasteiger partial charge on any atom is 0.142 e. The number of benzene rings is 2. The van der Waals surface area contributed by atoms with Crippen molar-refractivity contribution in [2.24, 2.45) is 0 Å². The molecule has 3 rings (SSSR count). The van der Waals surface area contributed by atoms with Gasteiger partial charge in [-0.15, -0.1) is 0 Å². The van der Waals surface area contributed by atoms with Crippen LogP contribution in [0.5, 0.6) is 5.75 Å². The Morgan fingerprint density at radius 2 is 2.11 bits per heavy atom. The van der Waals surface area contributed by atoms with Gasteiger partial charge in [0, 0.05) is 12.2 Å². The molecule has 3 nitrogen and oxygen atoms in total. The fourth-order valence-electron chi connectivity index (χ4n) is 2.46. The van der Waals surface area contributed by atoms with Crippen molar-refractivity contribution in [3.63, 3.8) is 0 Å². The zero-order valence-corrected chi connectivity index (χ0v) is 11.1. The Labute approximate surface area is 113 Å². The van der Waals surface area contributed by atoms with Gasteiger partial charge in [0.05, 0.1) is 12.2 Å². The number of rotatable bonds is 2. The van der Waals surface area contributed by atoms with Gasteiger partial charge in [0.2, 0.25) is 0 Å². The summed E-state index contributed by atoms with van der Waals surface area (Å²) >= 11 is 0. The van der Waals surface area contributed by atoms with E-state index < -0.39 is 0 Å². The van der Waals surface area contributed by atoms with Crippen LogP contribution >= 0.6 is 0 Å². The molecule has 2 aromatic rings. The van der Waals surface area contributed by atoms with E-state index in [0.29, 0.717) is 0 Å². The normalized spacial score (nSPS) is 13.8. The van der Waals surface area contributed by atoms with Crippen LogP contribution in [0.25, 0.3) is 0 Å². The first-order chi connectivity index (χ1) is 9.22. The highest BCUT2D eigenvalue weighted by Gasteiger charge is 2.18. The highest BCUT2D eigenvalue weighted by Crippen LogP contribution is 2.33. The quantitative estimate of drug-likeness (QED) is 0.837. The highest BCUT2D eigenvalue weighted by molar-refractivity contribution is 5.61. The zero-order chi connectivity index (χ0) is 13.2. The number of ether oxygens (including phenoxy) is 1. The van der Waals surface area contributed by atoms with Gasteiger partial charge in [0.1, 0.15) is 12.4 Å². The van der Waals surface area contributed by atoms with E-state index in [2.05, 4.69) is 36.1 Å². The summed E-state index contributed by atoms with van der Waals surface area (Å²) in [6.45, 7) is 4.59. The lowest BCUT2D eigenvalue weighted by atomic mass is 10.1. The summed E-state index contributed by atoms with van der Waals surface area (Å²) in [5, 5.41) is 0. The largest absolute Gasteiger partial charge is 0.490 e. The molecule has 0 atom stereocenters. The third-order valence-corrected chi connectivity index (χ3v) is 3.40. The molecule has 1 aliphatic heterocycles. The fraction of sp³-hybridized carbons (Fsp3) is 0.250. The summed E-state index contributed by atoms with van der Waals surface area (Å²) in [5.74, 6) is 0.982. The molecule has 2 aromatic carbocycles. The third kappa shape index (κ3) is 2.50. The van der Waals surface area contributed by atoms with Crippen LogP contribution in [0, 0.1) is 6.92 Å². The number of hydrogen-bond acceptors (Lipinski definition) is 3. The molecule has 0 aliphatic carbocycles. The first-order valence-corrected chi connectivity index (χ1v) is 6.55. The second-order valence-corrected chi connectivity index (χ2v) is 4.99. The lowest BCUT2D eigenvalue weighted by Crippen LogP contribution is -2.32. The third-order valence-electron chi connectivity index (χ3n) is 3.40. The number of nitrogens with two attached hydrogens (primary N) is 1. The van der Waals surface area contributed by atoms with E-state index in [4.69, 9.17) is 10.5 Å². The average Bonchev–Trinajstić information content (AvgIpc) is 2.38. The minimum atomic E-state index is 0.735. The molecule has 0 saturated carbocycles. The van der Waals surface area contributed by atoms with Crippen LogP contribution in [0.3, 0.4) is 0 Å². The van der Waals surface area contributed by atoms with Crippen LogP contribution < -0.4 is 15.4 Å². The molecule has 0 unspecified atom stereocenters. The Bertz CT molecular complexity index is 595. The lowest BCUT2D eigenvalue weighted by Gasteiger charge is -2.31. The molecular weight excluding hydrogens is 236 g/mol. The molecule has 98 valence electrons. The molecule has 0 aromatic heterocycles. The predicted molar refractivity (Wildman–Crippen MR) is 78.6 cm³/mol. The summed E-state index contributed by atoms with van der Waals surface area (Å²) in [6, 6.07) is 14.4. The molecular formula is C16H18N2O. The van der Waals surface area contributed by atoms with Crippen LogP contribution in [0.2, 0.25) is 0 Å². The van der Waals surface area contributed by atoms with E-state index in [0.717, 1.165) is 31.1 Å². The smallest absolute Gasteiger partial charge is 0.142 e. The molecule has 0 saturated heterocycles. The lowest BCUT2D eigenvalue weighted by molar-refractivity contribution is 0.306. The van der Waals surface area contributed by atoms with E-state index >= 15 is 0 Å². The van der Waals surface area contributed by atoms with Crippen LogP contribution in [-0.2, 0) is 6.54 Å². The van der Waals surface area contributed by atoms with Crippen LogP contribution in [-0.4, -0.2) is 13.2 Å². The minimum Gasteiger partial charge on any atom is -0.490 e. The molecule has 2 N–H and O–H groups in total. The number of nitrogen functional groups attached to an aromatic ring is 1. The monoisotopic (exact) mass is 254 g/mol. The van der Waals surface area contributed by atoms with Gasteiger partial charge in [-0.05, 0) is 42.3 Å². The number of fused-ring (bicyclic) bond motifs is 1. The number of anilines is 2. The summed E-state index contributed by atoms with van der Waals surface area (Å²) in [5.41, 5.74) is 10.3. The molecule has 1 aliphatic rings. The molecule has 3 heteroatoms. The molecule has 0 amide bonds. The molecule has 0 spiro atoms. The van der Waals surface area contributed by atoms with Gasteiger partial charge in [0.25, 0.3) is 0 Å². The Morgan fingerprint density at radius 1 is 1.21 bits per heavy atom. The van der Waals surface area contributed by atoms with Crippen LogP contribution in [0.15, 0.2) is 42.5 Å². The Kier molecular flexibility index (Phi) is 3.03. The fourth-order valence-corrected chi connectivity index (χ4v) is 2.46. The molecule has 0 fully saturated rings. The van der Waals surface area contributed by atoms with Crippen molar-refractivity contribution in [2.45, 2.75) is 13.5 Å². The summed E-state index contributed by atoms with van der Waals surface area (Å²) in [7, 11) is 0. The standard InChI is InChI=1S/C16H18N2O/c1-12-5-6-15-16(9-12)19-8-7-18(15)11-13-3-2-4-14(17)10-13/h2-6,9-10H,7-8,11,17H2,1H3. The van der Waals surface area contributed by atoms with Crippen molar-refractivity contribution >= 4 is 11.4 Å². The Balaban J connectivity index is 1.87. The maximum atomic E-state index is 5.83. The van der Waals surface area contributed by atoms with Gasteiger partial charge in [0.15, 0.2) is 0 Å². The Morgan fingerprint density at radius 3 is 2.95 bits per heavy atom. The van der Waals surface area contributed by atoms with Gasteiger partial charge in [-0.25, -0.2) is 0 Å². The van der Waals surface area contributed by atoms with Gasteiger partial charge in [-0.3, -0.25) is 0 Å². The number of hydrogen-bond donors (Lipinski definition) is 1. The van der Waals surface area contributed by atoms with Gasteiger partial charge in [-0.2, -0.15) is 0 Å². The summed E-state index contributed by atoms with van der Waals surface area (Å²) in [6.07, 6.45) is 0. The molecule has 19 heavy (non-hydrogen) atoms. The van der Waals surface area contributed by atoms with Crippen molar-refractivity contribution in [3.8, 4) is 5.75 Å². The van der Waals surface area contributed by atoms with E-state index in [1.54, 1.807) is 0 Å². The van der Waals surface area contributed by atoms with Gasteiger partial charge in [-0.1, -0.05) is 18.2 Å². The topological polar surface area (TPSA) is 38.5 Å². The van der Waals surface area contributed by atoms with E-state index in [1.165, 1.54) is 16.8 Å². The minimum absolute atomic E-state index is 0.735. The first-order valence-electron chi connectivity index (χ1n) is 6.55. The summed E-state index contributed by atoms with van der Waals surface area (Å²) in [4.78, 5) is 2.34. The van der Waals surface area contributed by atoms with Gasteiger partial charge < -0.3 is 15.4 Å². The van der Waals surface area contributed by atoms with Crippen molar-refractivity contribution in [1.29, 1.82) is 0 Å². The number of nitrogens with zero attached hydrogens (tertiary/aromatic N) is 1. The van der Waals surface area contributed by atoms with Gasteiger partial charge >= 0.3 is 0 Å². The van der Waals surface area contributed by atoms with Crippen LogP contribution in [0.4, 0.5) is 11.4 Å². The first kappa shape index (κ1) is 11.9. The van der Waals surface area contributed by atoms with Crippen molar-refractivity contribution < 1.29 is 4.74 Å². The number of aryl methyl sites for hydroxylation is 1. The maximum absolute atomic E-state index is 5.83. The molecule has 1 heterocycles. The van der Waals surface area contributed by atoms with E-state index in [9.17, 15) is 0 Å². The molecule has 0 radical (unpaired) electrons. The second kappa shape index (κ2) is 4.84. The highest BCUT2D eigenvalue weighted by atomic mass is 16.5. The zero-order valence-electron chi connectivity index (χ0n) is 11.1. The summed E-state index contributed by atoms with van der Waals surface area (Å²) < 4.78 is 5.73. The van der Waals surface area contributed by atoms with E-state index in [-0.39, 0.29) is 0 Å². The average molecular weight is 254 g/mol. The second-order valence-electron chi connectivity index (χ2n) is 4.99. The van der Waals surface area contributed by atoms with E-state index in [1.807, 2.05) is 18.2 Å². The van der Waals surface area contributed by atoms with Crippen molar-refractivity contribution in [3.05, 3.63) is 53.6 Å². The van der Waals surface area contributed by atoms with Crippen molar-refractivity contribution in [1.82, 2.24) is 0 Å². The van der Waals surface area contributed by atoms with Crippen molar-refractivity contribution in [2.75, 3.05) is 23.8 Å². The van der Waals surface area contributed by atoms with Crippen LogP contribution in [0.1, 0.15) is 11.1 Å². The molecule has 0 bridgehead atoms.